The Balaban J connectivity index is 2.72. The smallest absolute Gasteiger partial charge is 0.194 e. The van der Waals surface area contributed by atoms with Gasteiger partial charge in [-0.1, -0.05) is 18.2 Å². The Labute approximate surface area is 114 Å². The molecule has 0 atom stereocenters. The molecule has 94 valence electrons. The Morgan fingerprint density at radius 2 is 1.89 bits per heavy atom. The fourth-order valence-corrected chi connectivity index (χ4v) is 3.05. The summed E-state index contributed by atoms with van der Waals surface area (Å²) in [6.07, 6.45) is 3.84. The van der Waals surface area contributed by atoms with E-state index in [4.69, 9.17) is 0 Å². The standard InChI is InChI=1S/C12H10BrNO3S/c1-18(16,17)12-5-3-2-4-11(12)9-6-10(13)8-14(15)7-9/h2-8H,1H3. The molecule has 0 bridgehead atoms. The SMILES string of the molecule is CS(=O)(=O)c1ccccc1-c1cc(Br)c[n+]([O-])c1. The fourth-order valence-electron chi connectivity index (χ4n) is 1.69. The third-order valence-electron chi connectivity index (χ3n) is 2.41. The van der Waals surface area contributed by atoms with Crippen molar-refractivity contribution in [2.24, 2.45) is 0 Å². The molecule has 1 aromatic heterocycles. The summed E-state index contributed by atoms with van der Waals surface area (Å²) in [6.45, 7) is 0. The quantitative estimate of drug-likeness (QED) is 0.627. The molecule has 0 unspecified atom stereocenters. The summed E-state index contributed by atoms with van der Waals surface area (Å²) in [6, 6.07) is 8.31. The van der Waals surface area contributed by atoms with Crippen LogP contribution >= 0.6 is 15.9 Å². The Morgan fingerprint density at radius 1 is 1.22 bits per heavy atom. The highest BCUT2D eigenvalue weighted by Crippen LogP contribution is 2.27. The van der Waals surface area contributed by atoms with Gasteiger partial charge in [-0.2, -0.15) is 4.73 Å². The molecule has 4 nitrogen and oxygen atoms in total. The molecule has 0 spiro atoms. The average molecular weight is 328 g/mol. The maximum absolute atomic E-state index is 11.7. The van der Waals surface area contributed by atoms with Crippen molar-refractivity contribution in [1.82, 2.24) is 0 Å². The zero-order valence-corrected chi connectivity index (χ0v) is 11.9. The number of halogens is 1. The first-order chi connectivity index (χ1) is 8.38. The highest BCUT2D eigenvalue weighted by atomic mass is 79.9. The van der Waals surface area contributed by atoms with Gasteiger partial charge in [0, 0.05) is 17.4 Å². The van der Waals surface area contributed by atoms with E-state index in [2.05, 4.69) is 15.9 Å². The van der Waals surface area contributed by atoms with Crippen LogP contribution in [-0.4, -0.2) is 14.7 Å². The van der Waals surface area contributed by atoms with Gasteiger partial charge in [-0.15, -0.1) is 0 Å². The van der Waals surface area contributed by atoms with Gasteiger partial charge in [0.1, 0.15) is 0 Å². The van der Waals surface area contributed by atoms with Gasteiger partial charge in [-0.05, 0) is 28.1 Å². The van der Waals surface area contributed by atoms with Gasteiger partial charge in [0.15, 0.2) is 22.2 Å². The number of rotatable bonds is 2. The van der Waals surface area contributed by atoms with Crippen molar-refractivity contribution in [3.8, 4) is 11.1 Å². The lowest BCUT2D eigenvalue weighted by molar-refractivity contribution is -0.605. The molecule has 0 saturated heterocycles. The number of hydrogen-bond acceptors (Lipinski definition) is 3. The molecular weight excluding hydrogens is 318 g/mol. The molecule has 2 aromatic rings. The van der Waals surface area contributed by atoms with Crippen molar-refractivity contribution in [3.63, 3.8) is 0 Å². The molecule has 0 fully saturated rings. The first kappa shape index (κ1) is 13.0. The largest absolute Gasteiger partial charge is 0.619 e. The number of hydrogen-bond donors (Lipinski definition) is 0. The van der Waals surface area contributed by atoms with Gasteiger partial charge in [0.2, 0.25) is 0 Å². The topological polar surface area (TPSA) is 61.1 Å². The number of sulfone groups is 1. The normalized spacial score (nSPS) is 11.4. The van der Waals surface area contributed by atoms with E-state index in [0.29, 0.717) is 20.3 Å². The van der Waals surface area contributed by atoms with Crippen LogP contribution in [0.3, 0.4) is 0 Å². The van der Waals surface area contributed by atoms with Crippen molar-refractivity contribution < 1.29 is 13.1 Å². The van der Waals surface area contributed by atoms with Gasteiger partial charge < -0.3 is 5.21 Å². The zero-order chi connectivity index (χ0) is 13.3. The van der Waals surface area contributed by atoms with Gasteiger partial charge in [-0.3, -0.25) is 0 Å². The lowest BCUT2D eigenvalue weighted by Crippen LogP contribution is -2.24. The second-order valence-corrected chi connectivity index (χ2v) is 6.77. The third-order valence-corrected chi connectivity index (χ3v) is 4.00. The summed E-state index contributed by atoms with van der Waals surface area (Å²) in [5.74, 6) is 0. The van der Waals surface area contributed by atoms with E-state index < -0.39 is 9.84 Å². The molecule has 0 aliphatic carbocycles. The zero-order valence-electron chi connectivity index (χ0n) is 9.50. The minimum atomic E-state index is -3.33. The summed E-state index contributed by atoms with van der Waals surface area (Å²) in [4.78, 5) is 0.211. The van der Waals surface area contributed by atoms with Crippen LogP contribution in [0.1, 0.15) is 0 Å². The molecule has 6 heteroatoms. The van der Waals surface area contributed by atoms with Crippen LogP contribution < -0.4 is 4.73 Å². The molecule has 0 aliphatic heterocycles. The van der Waals surface area contributed by atoms with E-state index in [1.807, 2.05) is 0 Å². The van der Waals surface area contributed by atoms with Crippen molar-refractivity contribution in [1.29, 1.82) is 0 Å². The van der Waals surface area contributed by atoms with Gasteiger partial charge in [0.25, 0.3) is 0 Å². The van der Waals surface area contributed by atoms with Crippen LogP contribution in [0, 0.1) is 5.21 Å². The van der Waals surface area contributed by atoms with E-state index >= 15 is 0 Å². The highest BCUT2D eigenvalue weighted by molar-refractivity contribution is 9.10. The van der Waals surface area contributed by atoms with E-state index in [9.17, 15) is 13.6 Å². The van der Waals surface area contributed by atoms with Crippen molar-refractivity contribution >= 4 is 25.8 Å². The maximum atomic E-state index is 11.7. The molecule has 0 N–H and O–H groups in total. The Morgan fingerprint density at radius 3 is 2.50 bits per heavy atom. The molecule has 0 amide bonds. The molecule has 1 aromatic carbocycles. The number of nitrogens with zero attached hydrogens (tertiary/aromatic N) is 1. The second kappa shape index (κ2) is 4.70. The van der Waals surface area contributed by atoms with Gasteiger partial charge >= 0.3 is 0 Å². The molecule has 0 aliphatic rings. The van der Waals surface area contributed by atoms with Crippen molar-refractivity contribution in [2.45, 2.75) is 4.90 Å². The van der Waals surface area contributed by atoms with Crippen molar-refractivity contribution in [3.05, 3.63) is 52.4 Å². The van der Waals surface area contributed by atoms with Crippen LogP contribution in [0.25, 0.3) is 11.1 Å². The third kappa shape index (κ3) is 2.70. The lowest BCUT2D eigenvalue weighted by atomic mass is 10.1. The fraction of sp³-hybridized carbons (Fsp3) is 0.0833. The highest BCUT2D eigenvalue weighted by Gasteiger charge is 2.15. The Kier molecular flexibility index (Phi) is 3.41. The monoisotopic (exact) mass is 327 g/mol. The Hall–Kier alpha value is -1.40. The second-order valence-electron chi connectivity index (χ2n) is 3.87. The summed E-state index contributed by atoms with van der Waals surface area (Å²) in [7, 11) is -3.33. The van der Waals surface area contributed by atoms with E-state index in [0.717, 1.165) is 6.26 Å². The van der Waals surface area contributed by atoms with Gasteiger partial charge in [-0.25, -0.2) is 8.42 Å². The minimum absolute atomic E-state index is 0.211. The summed E-state index contributed by atoms with van der Waals surface area (Å²) in [5.41, 5.74) is 1.08. The first-order valence-electron chi connectivity index (χ1n) is 5.07. The number of benzene rings is 1. The molecule has 0 saturated carbocycles. The number of pyridine rings is 1. The average Bonchev–Trinajstić information content (AvgIpc) is 2.26. The van der Waals surface area contributed by atoms with E-state index in [-0.39, 0.29) is 4.90 Å². The van der Waals surface area contributed by atoms with Gasteiger partial charge in [0.05, 0.1) is 9.37 Å². The predicted octanol–water partition coefficient (Wildman–Crippen LogP) is 2.15. The lowest BCUT2D eigenvalue weighted by Gasteiger charge is -2.08. The number of aromatic nitrogens is 1. The molecule has 2 rings (SSSR count). The van der Waals surface area contributed by atoms with Crippen molar-refractivity contribution in [2.75, 3.05) is 6.26 Å². The van der Waals surface area contributed by atoms with E-state index in [1.54, 1.807) is 24.3 Å². The van der Waals surface area contributed by atoms with Crippen LogP contribution in [-0.2, 0) is 9.84 Å². The predicted molar refractivity (Wildman–Crippen MR) is 71.6 cm³/mol. The molecular formula is C12H10BrNO3S. The summed E-state index contributed by atoms with van der Waals surface area (Å²) < 4.78 is 24.6. The van der Waals surface area contributed by atoms with Crippen LogP contribution in [0.5, 0.6) is 0 Å². The minimum Gasteiger partial charge on any atom is -0.619 e. The molecule has 18 heavy (non-hydrogen) atoms. The van der Waals surface area contributed by atoms with Crippen LogP contribution in [0.4, 0.5) is 0 Å². The summed E-state index contributed by atoms with van der Waals surface area (Å²) in [5, 5.41) is 11.4. The maximum Gasteiger partial charge on any atom is 0.194 e. The van der Waals surface area contributed by atoms with E-state index in [1.165, 1.54) is 18.5 Å². The Bertz CT molecular complexity index is 678. The molecule has 0 radical (unpaired) electrons. The summed E-state index contributed by atoms with van der Waals surface area (Å²) >= 11 is 3.21. The van der Waals surface area contributed by atoms with Crippen LogP contribution in [0.15, 0.2) is 52.1 Å². The first-order valence-corrected chi connectivity index (χ1v) is 7.75. The molecule has 1 heterocycles. The van der Waals surface area contributed by atoms with Crippen LogP contribution in [0.2, 0.25) is 0 Å².